The van der Waals surface area contributed by atoms with Gasteiger partial charge in [0.15, 0.2) is 5.78 Å². The summed E-state index contributed by atoms with van der Waals surface area (Å²) in [7, 11) is 0. The first-order valence-electron chi connectivity index (χ1n) is 6.02. The second-order valence-corrected chi connectivity index (χ2v) is 4.29. The lowest BCUT2D eigenvalue weighted by Crippen LogP contribution is -1.89. The van der Waals surface area contributed by atoms with Gasteiger partial charge in [-0.2, -0.15) is 0 Å². The van der Waals surface area contributed by atoms with Crippen molar-refractivity contribution in [3.63, 3.8) is 0 Å². The Kier molecular flexibility index (Phi) is 3.02. The normalized spacial score (nSPS) is 17.6. The van der Waals surface area contributed by atoms with Crippen molar-refractivity contribution in [3.8, 4) is 0 Å². The molecule has 3 nitrogen and oxygen atoms in total. The molecule has 0 radical (unpaired) electrons. The molecule has 0 aliphatic heterocycles. The quantitative estimate of drug-likeness (QED) is 0.779. The van der Waals surface area contributed by atoms with Crippen molar-refractivity contribution in [2.24, 2.45) is 0 Å². The second kappa shape index (κ2) is 4.98. The van der Waals surface area contributed by atoms with E-state index in [-0.39, 0.29) is 5.78 Å². The summed E-state index contributed by atoms with van der Waals surface area (Å²) in [6.45, 7) is 0. The van der Waals surface area contributed by atoms with Gasteiger partial charge in [-0.1, -0.05) is 6.08 Å². The van der Waals surface area contributed by atoms with Crippen LogP contribution in [0.15, 0.2) is 68.9 Å². The molecule has 0 saturated carbocycles. The van der Waals surface area contributed by atoms with Crippen molar-refractivity contribution < 1.29 is 13.6 Å². The standard InChI is InChI=1S/C16H12O3/c17-16-10-12(5-6-14-3-1-7-18-14)9-13(16)11-15-4-2-8-19-15/h1-8,10-11H,9H2. The summed E-state index contributed by atoms with van der Waals surface area (Å²) in [5, 5.41) is 0. The monoisotopic (exact) mass is 252 g/mol. The number of furan rings is 2. The zero-order valence-corrected chi connectivity index (χ0v) is 10.2. The zero-order chi connectivity index (χ0) is 13.1. The Morgan fingerprint density at radius 3 is 2.42 bits per heavy atom. The van der Waals surface area contributed by atoms with Crippen LogP contribution in [0, 0.1) is 0 Å². The third kappa shape index (κ3) is 2.65. The summed E-state index contributed by atoms with van der Waals surface area (Å²) in [5.74, 6) is 1.51. The maximum atomic E-state index is 11.8. The molecule has 3 rings (SSSR count). The van der Waals surface area contributed by atoms with Gasteiger partial charge in [-0.15, -0.1) is 0 Å². The van der Waals surface area contributed by atoms with Gasteiger partial charge in [0.2, 0.25) is 0 Å². The van der Waals surface area contributed by atoms with E-state index in [1.54, 1.807) is 30.7 Å². The van der Waals surface area contributed by atoms with Crippen LogP contribution in [-0.2, 0) is 4.79 Å². The summed E-state index contributed by atoms with van der Waals surface area (Å²) in [6, 6.07) is 7.33. The van der Waals surface area contributed by atoms with E-state index in [4.69, 9.17) is 8.83 Å². The molecule has 2 aromatic heterocycles. The molecular weight excluding hydrogens is 240 g/mol. The third-order valence-electron chi connectivity index (χ3n) is 2.89. The summed E-state index contributed by atoms with van der Waals surface area (Å²) in [4.78, 5) is 11.8. The van der Waals surface area contributed by atoms with Crippen molar-refractivity contribution in [2.75, 3.05) is 0 Å². The van der Waals surface area contributed by atoms with E-state index >= 15 is 0 Å². The van der Waals surface area contributed by atoms with Crippen LogP contribution in [0.4, 0.5) is 0 Å². The average molecular weight is 252 g/mol. The topological polar surface area (TPSA) is 43.4 Å². The predicted octanol–water partition coefficient (Wildman–Crippen LogP) is 3.87. The zero-order valence-electron chi connectivity index (χ0n) is 10.2. The highest BCUT2D eigenvalue weighted by Gasteiger charge is 2.17. The molecule has 1 aliphatic rings. The Morgan fingerprint density at radius 1 is 1.00 bits per heavy atom. The predicted molar refractivity (Wildman–Crippen MR) is 72.1 cm³/mol. The lowest BCUT2D eigenvalue weighted by atomic mass is 10.1. The van der Waals surface area contributed by atoms with Gasteiger partial charge in [0.25, 0.3) is 0 Å². The Bertz CT molecular complexity index is 653. The van der Waals surface area contributed by atoms with Gasteiger partial charge in [-0.05, 0) is 48.1 Å². The first-order valence-corrected chi connectivity index (χ1v) is 6.02. The fourth-order valence-electron chi connectivity index (χ4n) is 1.97. The number of rotatable bonds is 3. The average Bonchev–Trinajstić information content (AvgIpc) is 3.11. The molecule has 2 heterocycles. The summed E-state index contributed by atoms with van der Waals surface area (Å²) in [5.41, 5.74) is 1.72. The number of allylic oxidation sites excluding steroid dienone is 4. The molecule has 0 aromatic carbocycles. The maximum absolute atomic E-state index is 11.8. The van der Waals surface area contributed by atoms with Gasteiger partial charge in [0.1, 0.15) is 11.5 Å². The molecule has 3 heteroatoms. The van der Waals surface area contributed by atoms with Crippen LogP contribution in [0.3, 0.4) is 0 Å². The fourth-order valence-corrected chi connectivity index (χ4v) is 1.97. The van der Waals surface area contributed by atoms with Gasteiger partial charge in [0.05, 0.1) is 12.5 Å². The lowest BCUT2D eigenvalue weighted by Gasteiger charge is -1.94. The minimum Gasteiger partial charge on any atom is -0.465 e. The van der Waals surface area contributed by atoms with Crippen molar-refractivity contribution in [3.05, 3.63) is 71.6 Å². The Balaban J connectivity index is 1.74. The number of hydrogen-bond acceptors (Lipinski definition) is 3. The number of hydrogen-bond donors (Lipinski definition) is 0. The van der Waals surface area contributed by atoms with Gasteiger partial charge >= 0.3 is 0 Å². The minimum atomic E-state index is 0.0375. The number of ketones is 1. The highest BCUT2D eigenvalue weighted by Crippen LogP contribution is 2.25. The Hall–Kier alpha value is -2.55. The van der Waals surface area contributed by atoms with Crippen LogP contribution < -0.4 is 0 Å². The van der Waals surface area contributed by atoms with Crippen molar-refractivity contribution in [1.82, 2.24) is 0 Å². The lowest BCUT2D eigenvalue weighted by molar-refractivity contribution is -0.111. The van der Waals surface area contributed by atoms with E-state index in [2.05, 4.69) is 0 Å². The van der Waals surface area contributed by atoms with Crippen LogP contribution in [0.2, 0.25) is 0 Å². The largest absolute Gasteiger partial charge is 0.465 e. The minimum absolute atomic E-state index is 0.0375. The van der Waals surface area contributed by atoms with Crippen molar-refractivity contribution in [2.45, 2.75) is 6.42 Å². The maximum Gasteiger partial charge on any atom is 0.182 e. The van der Waals surface area contributed by atoms with Gasteiger partial charge < -0.3 is 8.83 Å². The molecule has 0 saturated heterocycles. The number of carbonyl (C=O) groups is 1. The van der Waals surface area contributed by atoms with Crippen molar-refractivity contribution in [1.29, 1.82) is 0 Å². The molecule has 0 atom stereocenters. The van der Waals surface area contributed by atoms with Crippen LogP contribution in [0.1, 0.15) is 17.9 Å². The van der Waals surface area contributed by atoms with E-state index < -0.39 is 0 Å². The molecule has 0 spiro atoms. The van der Waals surface area contributed by atoms with E-state index in [1.165, 1.54) is 0 Å². The van der Waals surface area contributed by atoms with Crippen LogP contribution in [-0.4, -0.2) is 5.78 Å². The molecule has 0 unspecified atom stereocenters. The first-order chi connectivity index (χ1) is 9.31. The summed E-state index contributed by atoms with van der Waals surface area (Å²) >= 11 is 0. The van der Waals surface area contributed by atoms with Crippen LogP contribution in [0.5, 0.6) is 0 Å². The molecule has 0 fully saturated rings. The molecular formula is C16H12O3. The van der Waals surface area contributed by atoms with E-state index in [0.717, 1.165) is 16.9 Å². The van der Waals surface area contributed by atoms with Crippen LogP contribution in [0.25, 0.3) is 12.2 Å². The third-order valence-corrected chi connectivity index (χ3v) is 2.89. The summed E-state index contributed by atoms with van der Waals surface area (Å²) < 4.78 is 10.4. The second-order valence-electron chi connectivity index (χ2n) is 4.29. The van der Waals surface area contributed by atoms with E-state index in [1.807, 2.05) is 30.4 Å². The molecule has 0 amide bonds. The van der Waals surface area contributed by atoms with Crippen molar-refractivity contribution >= 4 is 17.9 Å². The molecule has 1 aliphatic carbocycles. The smallest absolute Gasteiger partial charge is 0.182 e. The first kappa shape index (κ1) is 11.5. The Morgan fingerprint density at radius 2 is 1.74 bits per heavy atom. The van der Waals surface area contributed by atoms with Gasteiger partial charge in [-0.25, -0.2) is 0 Å². The fraction of sp³-hybridized carbons (Fsp3) is 0.0625. The SMILES string of the molecule is O=C1C=C(C=Cc2ccco2)CC1=Cc1ccco1. The molecule has 0 N–H and O–H groups in total. The number of carbonyl (C=O) groups excluding carboxylic acids is 1. The Labute approximate surface area is 110 Å². The molecule has 19 heavy (non-hydrogen) atoms. The van der Waals surface area contributed by atoms with Gasteiger partial charge in [0, 0.05) is 12.0 Å². The van der Waals surface area contributed by atoms with Crippen LogP contribution >= 0.6 is 0 Å². The highest BCUT2D eigenvalue weighted by molar-refractivity contribution is 6.10. The summed E-state index contributed by atoms with van der Waals surface area (Å²) in [6.07, 6.45) is 11.0. The van der Waals surface area contributed by atoms with E-state index in [0.29, 0.717) is 12.2 Å². The highest BCUT2D eigenvalue weighted by atomic mass is 16.3. The van der Waals surface area contributed by atoms with Gasteiger partial charge in [-0.3, -0.25) is 4.79 Å². The molecule has 0 bridgehead atoms. The molecule has 94 valence electrons. The van der Waals surface area contributed by atoms with E-state index in [9.17, 15) is 4.79 Å². The molecule has 2 aromatic rings.